The first-order valence-electron chi connectivity index (χ1n) is 19.5. The lowest BCUT2D eigenvalue weighted by Gasteiger charge is -2.24. The van der Waals surface area contributed by atoms with Crippen molar-refractivity contribution in [3.63, 3.8) is 0 Å². The summed E-state index contributed by atoms with van der Waals surface area (Å²) in [5.41, 5.74) is 0. The molecule has 0 aliphatic rings. The van der Waals surface area contributed by atoms with Gasteiger partial charge in [0.05, 0.1) is 27.7 Å². The summed E-state index contributed by atoms with van der Waals surface area (Å²) in [5, 5.41) is 0. The molecule has 0 aliphatic carbocycles. The third kappa shape index (κ3) is 33.5. The number of quaternary nitrogens is 1. The number of carbonyl (C=O) groups excluding carboxylic acids is 2. The summed E-state index contributed by atoms with van der Waals surface area (Å²) in [6.45, 7) is 9.06. The van der Waals surface area contributed by atoms with Crippen LogP contribution in [0, 0.1) is 11.8 Å². The molecule has 3 atom stereocenters. The van der Waals surface area contributed by atoms with E-state index in [-0.39, 0.29) is 25.6 Å². The Labute approximate surface area is 295 Å². The van der Waals surface area contributed by atoms with E-state index < -0.39 is 26.5 Å². The first-order chi connectivity index (χ1) is 22.7. The zero-order chi connectivity index (χ0) is 36.1. The Hall–Kier alpha value is -0.990. The number of likely N-dealkylation sites (N-methyl/N-ethyl adjacent to an activating group) is 1. The molecule has 1 N–H and O–H groups in total. The summed E-state index contributed by atoms with van der Waals surface area (Å²) in [6, 6.07) is 0. The van der Waals surface area contributed by atoms with Gasteiger partial charge in [0.25, 0.3) is 0 Å². The van der Waals surface area contributed by atoms with E-state index in [1.165, 1.54) is 89.9 Å². The summed E-state index contributed by atoms with van der Waals surface area (Å²) in [5.74, 6) is 0.823. The minimum Gasteiger partial charge on any atom is -0.462 e. The van der Waals surface area contributed by atoms with Crippen LogP contribution >= 0.6 is 7.82 Å². The second-order valence-electron chi connectivity index (χ2n) is 15.4. The molecule has 0 saturated carbocycles. The summed E-state index contributed by atoms with van der Waals surface area (Å²) >= 11 is 0. The van der Waals surface area contributed by atoms with Crippen molar-refractivity contribution < 1.29 is 42.1 Å². The van der Waals surface area contributed by atoms with E-state index in [1.807, 2.05) is 21.1 Å². The molecular weight excluding hydrogens is 629 g/mol. The van der Waals surface area contributed by atoms with Crippen molar-refractivity contribution in [2.24, 2.45) is 11.8 Å². The molecule has 0 aromatic rings. The van der Waals surface area contributed by atoms with Gasteiger partial charge in [0.1, 0.15) is 19.8 Å². The highest BCUT2D eigenvalue weighted by Gasteiger charge is 2.27. The topological polar surface area (TPSA) is 108 Å². The molecule has 0 aliphatic heterocycles. The predicted octanol–water partition coefficient (Wildman–Crippen LogP) is 10.2. The zero-order valence-corrected chi connectivity index (χ0v) is 33.2. The minimum atomic E-state index is -4.36. The van der Waals surface area contributed by atoms with E-state index in [0.29, 0.717) is 23.9 Å². The van der Waals surface area contributed by atoms with Gasteiger partial charge in [-0.25, -0.2) is 4.57 Å². The molecule has 0 amide bonds. The Morgan fingerprint density at radius 2 is 1.10 bits per heavy atom. The Kier molecular flexibility index (Phi) is 29.1. The summed E-state index contributed by atoms with van der Waals surface area (Å²) in [7, 11) is 1.48. The highest BCUT2D eigenvalue weighted by Crippen LogP contribution is 2.43. The van der Waals surface area contributed by atoms with Crippen LogP contribution in [0.15, 0.2) is 0 Å². The van der Waals surface area contributed by atoms with E-state index in [9.17, 15) is 19.0 Å². The van der Waals surface area contributed by atoms with Gasteiger partial charge < -0.3 is 18.9 Å². The molecule has 0 fully saturated rings. The number of phosphoric acid groups is 1. The molecule has 286 valence electrons. The third-order valence-electron chi connectivity index (χ3n) is 8.86. The summed E-state index contributed by atoms with van der Waals surface area (Å²) in [6.07, 6.45) is 23.0. The van der Waals surface area contributed by atoms with Crippen LogP contribution < -0.4 is 0 Å². The molecule has 0 saturated heterocycles. The lowest BCUT2D eigenvalue weighted by atomic mass is 9.99. The van der Waals surface area contributed by atoms with Crippen molar-refractivity contribution in [3.05, 3.63) is 0 Å². The molecule has 0 radical (unpaired) electrons. The summed E-state index contributed by atoms with van der Waals surface area (Å²) < 4.78 is 34.2. The highest BCUT2D eigenvalue weighted by molar-refractivity contribution is 7.47. The number of hydrogen-bond donors (Lipinski definition) is 1. The van der Waals surface area contributed by atoms with Crippen molar-refractivity contribution in [1.82, 2.24) is 0 Å². The lowest BCUT2D eigenvalue weighted by molar-refractivity contribution is -0.870. The van der Waals surface area contributed by atoms with E-state index in [1.54, 1.807) is 0 Å². The van der Waals surface area contributed by atoms with Gasteiger partial charge in [-0.1, -0.05) is 143 Å². The fourth-order valence-electron chi connectivity index (χ4n) is 5.35. The van der Waals surface area contributed by atoms with Crippen LogP contribution in [0.2, 0.25) is 0 Å². The van der Waals surface area contributed by atoms with Crippen LogP contribution in [0.5, 0.6) is 0 Å². The van der Waals surface area contributed by atoms with Gasteiger partial charge in [0, 0.05) is 12.8 Å². The standard InChI is InChI=1S/C38H76NO8P/c1-8-35(4)27-23-19-15-12-13-16-20-24-28-37(40)44-32-36(33-46-48(42,43)45-31-30-39(5,6)7)47-38(41)29-25-21-17-11-9-10-14-18-22-26-34(2)3/h34-36H,8-33H2,1-7H3/p+1/t35-,36+/m0/s1. The number of carbonyl (C=O) groups is 2. The van der Waals surface area contributed by atoms with Crippen molar-refractivity contribution in [3.8, 4) is 0 Å². The number of esters is 2. The number of ether oxygens (including phenoxy) is 2. The second kappa shape index (κ2) is 29.7. The van der Waals surface area contributed by atoms with E-state index in [0.717, 1.165) is 43.9 Å². The van der Waals surface area contributed by atoms with Crippen LogP contribution in [-0.4, -0.2) is 74.9 Å². The third-order valence-corrected chi connectivity index (χ3v) is 9.84. The molecule has 0 aromatic carbocycles. The number of unbranched alkanes of at least 4 members (excludes halogenated alkanes) is 15. The van der Waals surface area contributed by atoms with Crippen LogP contribution in [-0.2, 0) is 32.7 Å². The maximum absolute atomic E-state index is 12.6. The van der Waals surface area contributed by atoms with Gasteiger partial charge in [-0.3, -0.25) is 18.6 Å². The quantitative estimate of drug-likeness (QED) is 0.0305. The lowest BCUT2D eigenvalue weighted by Crippen LogP contribution is -2.37. The van der Waals surface area contributed by atoms with Gasteiger partial charge in [-0.15, -0.1) is 0 Å². The number of rotatable bonds is 34. The average Bonchev–Trinajstić information content (AvgIpc) is 3.00. The van der Waals surface area contributed by atoms with Crippen LogP contribution in [0.3, 0.4) is 0 Å². The van der Waals surface area contributed by atoms with Crippen molar-refractivity contribution >= 4 is 19.8 Å². The van der Waals surface area contributed by atoms with E-state index in [2.05, 4.69) is 27.7 Å². The first-order valence-corrected chi connectivity index (χ1v) is 21.0. The largest absolute Gasteiger partial charge is 0.472 e. The van der Waals surface area contributed by atoms with Gasteiger partial charge in [-0.2, -0.15) is 0 Å². The van der Waals surface area contributed by atoms with Crippen LogP contribution in [0.1, 0.15) is 169 Å². The maximum Gasteiger partial charge on any atom is 0.472 e. The van der Waals surface area contributed by atoms with E-state index in [4.69, 9.17) is 18.5 Å². The average molecular weight is 707 g/mol. The molecule has 0 heterocycles. The number of phosphoric ester groups is 1. The van der Waals surface area contributed by atoms with Crippen molar-refractivity contribution in [2.45, 2.75) is 175 Å². The first kappa shape index (κ1) is 47.0. The molecule has 0 bridgehead atoms. The maximum atomic E-state index is 12.6. The monoisotopic (exact) mass is 707 g/mol. The smallest absolute Gasteiger partial charge is 0.462 e. The van der Waals surface area contributed by atoms with Gasteiger partial charge >= 0.3 is 19.8 Å². The molecule has 10 heteroatoms. The van der Waals surface area contributed by atoms with Gasteiger partial charge in [0.2, 0.25) is 0 Å². The number of hydrogen-bond acceptors (Lipinski definition) is 7. The van der Waals surface area contributed by atoms with Crippen LogP contribution in [0.25, 0.3) is 0 Å². The normalized spacial score (nSPS) is 14.5. The number of nitrogens with zero attached hydrogens (tertiary/aromatic N) is 1. The molecule has 48 heavy (non-hydrogen) atoms. The molecule has 0 rings (SSSR count). The van der Waals surface area contributed by atoms with Gasteiger partial charge in [0.15, 0.2) is 6.10 Å². The SMILES string of the molecule is CC[C@H](C)CCCCCCCCCCC(=O)OC[C@H](COP(=O)(O)OCC[N+](C)(C)C)OC(=O)CCCCCCCCCCCC(C)C. The van der Waals surface area contributed by atoms with Crippen molar-refractivity contribution in [2.75, 3.05) is 47.5 Å². The van der Waals surface area contributed by atoms with Gasteiger partial charge in [-0.05, 0) is 24.7 Å². The Morgan fingerprint density at radius 3 is 1.58 bits per heavy atom. The van der Waals surface area contributed by atoms with Crippen LogP contribution in [0.4, 0.5) is 0 Å². The fourth-order valence-corrected chi connectivity index (χ4v) is 6.09. The highest BCUT2D eigenvalue weighted by atomic mass is 31.2. The second-order valence-corrected chi connectivity index (χ2v) is 16.9. The van der Waals surface area contributed by atoms with E-state index >= 15 is 0 Å². The zero-order valence-electron chi connectivity index (χ0n) is 32.3. The minimum absolute atomic E-state index is 0.0348. The Bertz CT molecular complexity index is 832. The molecule has 1 unspecified atom stereocenters. The molecular formula is C38H77NO8P+. The Balaban J connectivity index is 4.44. The molecule has 0 aromatic heterocycles. The van der Waals surface area contributed by atoms with Crippen molar-refractivity contribution in [1.29, 1.82) is 0 Å². The summed E-state index contributed by atoms with van der Waals surface area (Å²) in [4.78, 5) is 35.2. The predicted molar refractivity (Wildman–Crippen MR) is 197 cm³/mol. The molecule has 9 nitrogen and oxygen atoms in total. The fraction of sp³-hybridized carbons (Fsp3) is 0.947. The molecule has 0 spiro atoms. The Morgan fingerprint density at radius 1 is 0.646 bits per heavy atom.